The van der Waals surface area contributed by atoms with Crippen LogP contribution in [0.3, 0.4) is 0 Å². The molecule has 6 heteroatoms. The number of carbonyl (C=O) groups excluding carboxylic acids is 1. The average Bonchev–Trinajstić information content (AvgIpc) is 3.22. The van der Waals surface area contributed by atoms with E-state index in [-0.39, 0.29) is 18.2 Å². The van der Waals surface area contributed by atoms with E-state index in [1.165, 1.54) is 24.3 Å². The number of nitro benzene ring substituents is 1. The largest absolute Gasteiger partial charge is 0.464 e. The van der Waals surface area contributed by atoms with Gasteiger partial charge in [0.25, 0.3) is 5.69 Å². The third-order valence-corrected chi connectivity index (χ3v) is 3.27. The van der Waals surface area contributed by atoms with E-state index < -0.39 is 16.5 Å². The van der Waals surface area contributed by atoms with Crippen molar-refractivity contribution in [1.29, 1.82) is 0 Å². The molecule has 0 amide bonds. The van der Waals surface area contributed by atoms with Crippen LogP contribution in [0, 0.1) is 16.0 Å². The highest BCUT2D eigenvalue weighted by molar-refractivity contribution is 5.82. The molecule has 0 aromatic heterocycles. The van der Waals surface area contributed by atoms with Gasteiger partial charge in [-0.15, -0.1) is 0 Å². The van der Waals surface area contributed by atoms with E-state index in [9.17, 15) is 20.0 Å². The van der Waals surface area contributed by atoms with Crippen LogP contribution in [0.15, 0.2) is 24.3 Å². The van der Waals surface area contributed by atoms with Crippen molar-refractivity contribution in [3.05, 3.63) is 39.9 Å². The number of esters is 1. The Bertz CT molecular complexity index is 494. The second kappa shape index (κ2) is 4.97. The normalized spacial score (nSPS) is 17.6. The molecule has 2 rings (SSSR count). The predicted octanol–water partition coefficient (Wildman–Crippen LogP) is 1.76. The second-order valence-corrected chi connectivity index (χ2v) is 4.57. The Morgan fingerprint density at radius 3 is 2.47 bits per heavy atom. The van der Waals surface area contributed by atoms with E-state index in [1.807, 2.05) is 0 Å². The van der Waals surface area contributed by atoms with Crippen molar-refractivity contribution in [1.82, 2.24) is 0 Å². The summed E-state index contributed by atoms with van der Waals surface area (Å²) in [5.74, 6) is -0.862. The van der Waals surface area contributed by atoms with Crippen LogP contribution in [0.1, 0.15) is 25.3 Å². The van der Waals surface area contributed by atoms with E-state index >= 15 is 0 Å². The molecule has 1 aliphatic carbocycles. The number of hydrogen-bond donors (Lipinski definition) is 1. The molecular weight excluding hydrogens is 250 g/mol. The number of benzene rings is 1. The molecule has 1 N–H and O–H groups in total. The summed E-state index contributed by atoms with van der Waals surface area (Å²) in [6.45, 7) is 1.85. The second-order valence-electron chi connectivity index (χ2n) is 4.57. The van der Waals surface area contributed by atoms with Crippen molar-refractivity contribution in [2.75, 3.05) is 6.61 Å². The summed E-state index contributed by atoms with van der Waals surface area (Å²) < 4.78 is 4.92. The first-order valence-electron chi connectivity index (χ1n) is 6.14. The van der Waals surface area contributed by atoms with Crippen LogP contribution in [0.5, 0.6) is 0 Å². The molecule has 1 fully saturated rings. The number of nitro groups is 1. The van der Waals surface area contributed by atoms with Crippen molar-refractivity contribution >= 4 is 11.7 Å². The maximum absolute atomic E-state index is 12.0. The molecule has 6 nitrogen and oxygen atoms in total. The lowest BCUT2D eigenvalue weighted by atomic mass is 9.88. The van der Waals surface area contributed by atoms with Gasteiger partial charge in [-0.05, 0) is 37.5 Å². The fourth-order valence-electron chi connectivity index (χ4n) is 2.10. The molecule has 1 unspecified atom stereocenters. The highest BCUT2D eigenvalue weighted by Gasteiger charge is 2.52. The molecule has 1 aromatic carbocycles. The minimum Gasteiger partial charge on any atom is -0.464 e. The summed E-state index contributed by atoms with van der Waals surface area (Å²) in [5, 5.41) is 21.2. The Hall–Kier alpha value is -1.95. The first kappa shape index (κ1) is 13.5. The van der Waals surface area contributed by atoms with Gasteiger partial charge in [0.2, 0.25) is 0 Å². The maximum Gasteiger partial charge on any atom is 0.343 e. The van der Waals surface area contributed by atoms with Crippen LogP contribution in [0.25, 0.3) is 0 Å². The highest BCUT2D eigenvalue weighted by Crippen LogP contribution is 2.46. The summed E-state index contributed by atoms with van der Waals surface area (Å²) in [7, 11) is 0. The number of non-ortho nitro benzene ring substituents is 1. The van der Waals surface area contributed by atoms with Crippen LogP contribution in [-0.4, -0.2) is 22.6 Å². The molecule has 19 heavy (non-hydrogen) atoms. The molecule has 1 saturated carbocycles. The minimum absolute atomic E-state index is 0.0780. The lowest BCUT2D eigenvalue weighted by Gasteiger charge is -2.26. The first-order chi connectivity index (χ1) is 9.00. The van der Waals surface area contributed by atoms with Crippen molar-refractivity contribution in [2.45, 2.75) is 25.4 Å². The Balaban J connectivity index is 2.33. The number of rotatable bonds is 5. The maximum atomic E-state index is 12.0. The lowest BCUT2D eigenvalue weighted by molar-refractivity contribution is -0.384. The van der Waals surface area contributed by atoms with Crippen LogP contribution in [0.4, 0.5) is 5.69 Å². The van der Waals surface area contributed by atoms with Crippen molar-refractivity contribution in [3.63, 3.8) is 0 Å². The Morgan fingerprint density at radius 1 is 1.47 bits per heavy atom. The van der Waals surface area contributed by atoms with Crippen molar-refractivity contribution < 1.29 is 19.6 Å². The molecule has 0 saturated heterocycles. The average molecular weight is 265 g/mol. The van der Waals surface area contributed by atoms with E-state index in [0.29, 0.717) is 5.56 Å². The molecule has 1 atom stereocenters. The lowest BCUT2D eigenvalue weighted by Crippen LogP contribution is -2.39. The molecule has 0 spiro atoms. The number of ether oxygens (including phenoxy) is 1. The van der Waals surface area contributed by atoms with Gasteiger partial charge in [0, 0.05) is 18.1 Å². The van der Waals surface area contributed by atoms with Gasteiger partial charge in [-0.1, -0.05) is 0 Å². The van der Waals surface area contributed by atoms with Crippen LogP contribution in [0.2, 0.25) is 0 Å². The first-order valence-corrected chi connectivity index (χ1v) is 6.14. The summed E-state index contributed by atoms with van der Waals surface area (Å²) in [5.41, 5.74) is -1.42. The molecule has 0 bridgehead atoms. The number of aliphatic hydroxyl groups is 1. The predicted molar refractivity (Wildman–Crippen MR) is 66.4 cm³/mol. The zero-order chi connectivity index (χ0) is 14.0. The SMILES string of the molecule is CCOC(=O)C(O)(c1ccc([N+](=O)[O-])cc1)C1CC1. The van der Waals surface area contributed by atoms with Crippen molar-refractivity contribution in [3.8, 4) is 0 Å². The Kier molecular flexibility index (Phi) is 3.53. The van der Waals surface area contributed by atoms with E-state index in [4.69, 9.17) is 4.74 Å². The number of hydrogen-bond acceptors (Lipinski definition) is 5. The van der Waals surface area contributed by atoms with E-state index in [1.54, 1.807) is 6.92 Å². The molecule has 1 aliphatic rings. The van der Waals surface area contributed by atoms with Crippen LogP contribution < -0.4 is 0 Å². The van der Waals surface area contributed by atoms with E-state index in [0.717, 1.165) is 12.8 Å². The van der Waals surface area contributed by atoms with Gasteiger partial charge in [-0.25, -0.2) is 4.79 Å². The summed E-state index contributed by atoms with van der Waals surface area (Å²) in [6, 6.07) is 5.38. The Labute approximate surface area is 110 Å². The minimum atomic E-state index is -1.69. The van der Waals surface area contributed by atoms with Gasteiger partial charge >= 0.3 is 5.97 Å². The third kappa shape index (κ3) is 2.44. The monoisotopic (exact) mass is 265 g/mol. The fraction of sp³-hybridized carbons (Fsp3) is 0.462. The molecule has 1 aromatic rings. The van der Waals surface area contributed by atoms with E-state index in [2.05, 4.69) is 0 Å². The zero-order valence-corrected chi connectivity index (χ0v) is 10.5. The molecule has 0 radical (unpaired) electrons. The Morgan fingerprint density at radius 2 is 2.05 bits per heavy atom. The molecule has 102 valence electrons. The topological polar surface area (TPSA) is 89.7 Å². The van der Waals surface area contributed by atoms with Gasteiger partial charge in [0.1, 0.15) is 0 Å². The molecular formula is C13H15NO5. The number of carbonyl (C=O) groups is 1. The molecule has 0 heterocycles. The van der Waals surface area contributed by atoms with Gasteiger partial charge in [0.15, 0.2) is 5.60 Å². The van der Waals surface area contributed by atoms with Gasteiger partial charge < -0.3 is 9.84 Å². The smallest absolute Gasteiger partial charge is 0.343 e. The van der Waals surface area contributed by atoms with Crippen LogP contribution >= 0.6 is 0 Å². The summed E-state index contributed by atoms with van der Waals surface area (Å²) >= 11 is 0. The zero-order valence-electron chi connectivity index (χ0n) is 10.5. The third-order valence-electron chi connectivity index (χ3n) is 3.27. The highest BCUT2D eigenvalue weighted by atomic mass is 16.6. The van der Waals surface area contributed by atoms with Gasteiger partial charge in [-0.3, -0.25) is 10.1 Å². The standard InChI is InChI=1S/C13H15NO5/c1-2-19-12(15)13(16,9-3-4-9)10-5-7-11(8-6-10)14(17)18/h5-9,16H,2-4H2,1H3. The fourth-order valence-corrected chi connectivity index (χ4v) is 2.10. The van der Waals surface area contributed by atoms with Crippen molar-refractivity contribution in [2.24, 2.45) is 5.92 Å². The van der Waals surface area contributed by atoms with Gasteiger partial charge in [0.05, 0.1) is 11.5 Å². The van der Waals surface area contributed by atoms with Crippen LogP contribution in [-0.2, 0) is 15.1 Å². The summed E-state index contributed by atoms with van der Waals surface area (Å²) in [6.07, 6.45) is 1.48. The molecule has 0 aliphatic heterocycles. The number of nitrogens with zero attached hydrogens (tertiary/aromatic N) is 1. The van der Waals surface area contributed by atoms with Gasteiger partial charge in [-0.2, -0.15) is 0 Å². The summed E-state index contributed by atoms with van der Waals surface area (Å²) in [4.78, 5) is 22.0. The quantitative estimate of drug-likeness (QED) is 0.497.